The molecule has 21 heavy (non-hydrogen) atoms. The second-order valence-corrected chi connectivity index (χ2v) is 6.18. The molecule has 0 unspecified atom stereocenters. The molecule has 0 aliphatic carbocycles. The Balaban J connectivity index is 2.16. The van der Waals surface area contributed by atoms with E-state index in [1.165, 1.54) is 0 Å². The van der Waals surface area contributed by atoms with Crippen molar-refractivity contribution < 1.29 is 14.3 Å². The number of carbonyl (C=O) groups excluding carboxylic acids is 1. The molecular weight excluding hydrogens is 400 g/mol. The van der Waals surface area contributed by atoms with Crippen molar-refractivity contribution in [3.8, 4) is 11.5 Å². The van der Waals surface area contributed by atoms with Gasteiger partial charge in [0.2, 0.25) is 5.78 Å². The molecule has 0 bridgehead atoms. The number of para-hydroxylation sites is 1. The first-order valence-corrected chi connectivity index (χ1v) is 7.86. The van der Waals surface area contributed by atoms with Crippen LogP contribution in [0.2, 0.25) is 0 Å². The van der Waals surface area contributed by atoms with Crippen LogP contribution >= 0.6 is 31.9 Å². The van der Waals surface area contributed by atoms with E-state index in [9.17, 15) is 4.79 Å². The number of aryl methyl sites for hydroxylation is 1. The summed E-state index contributed by atoms with van der Waals surface area (Å²) in [6.07, 6.45) is 0. The van der Waals surface area contributed by atoms with Crippen molar-refractivity contribution in [3.05, 3.63) is 56.5 Å². The van der Waals surface area contributed by atoms with Crippen LogP contribution in [0.5, 0.6) is 11.5 Å². The zero-order valence-electron chi connectivity index (χ0n) is 11.7. The molecule has 0 heterocycles. The summed E-state index contributed by atoms with van der Waals surface area (Å²) in [5.41, 5.74) is 1.56. The highest BCUT2D eigenvalue weighted by Gasteiger charge is 2.14. The van der Waals surface area contributed by atoms with Gasteiger partial charge in [-0.25, -0.2) is 0 Å². The average Bonchev–Trinajstić information content (AvgIpc) is 2.46. The Morgan fingerprint density at radius 2 is 1.81 bits per heavy atom. The van der Waals surface area contributed by atoms with Gasteiger partial charge in [0.25, 0.3) is 0 Å². The lowest BCUT2D eigenvalue weighted by molar-refractivity contribution is 0.0917. The van der Waals surface area contributed by atoms with Crippen LogP contribution in [0.25, 0.3) is 0 Å². The summed E-state index contributed by atoms with van der Waals surface area (Å²) in [7, 11) is 1.55. The molecule has 3 nitrogen and oxygen atoms in total. The number of rotatable bonds is 5. The molecule has 0 amide bonds. The fourth-order valence-electron chi connectivity index (χ4n) is 1.86. The summed E-state index contributed by atoms with van der Waals surface area (Å²) < 4.78 is 12.5. The van der Waals surface area contributed by atoms with Gasteiger partial charge in [-0.05, 0) is 68.6 Å². The third-order valence-electron chi connectivity index (χ3n) is 2.92. The molecule has 0 aliphatic heterocycles. The summed E-state index contributed by atoms with van der Waals surface area (Å²) in [5, 5.41) is 0. The Kier molecular flexibility index (Phi) is 5.42. The van der Waals surface area contributed by atoms with E-state index >= 15 is 0 Å². The van der Waals surface area contributed by atoms with Gasteiger partial charge in [0.15, 0.2) is 6.61 Å². The maximum Gasteiger partial charge on any atom is 0.203 e. The zero-order chi connectivity index (χ0) is 15.4. The van der Waals surface area contributed by atoms with Crippen LogP contribution in [0.4, 0.5) is 0 Å². The number of carbonyl (C=O) groups is 1. The number of benzene rings is 2. The van der Waals surface area contributed by atoms with E-state index in [-0.39, 0.29) is 12.4 Å². The number of ether oxygens (including phenoxy) is 2. The lowest BCUT2D eigenvalue weighted by Crippen LogP contribution is -2.13. The van der Waals surface area contributed by atoms with Crippen LogP contribution in [0, 0.1) is 6.92 Å². The number of halogens is 2. The van der Waals surface area contributed by atoms with Gasteiger partial charge < -0.3 is 9.47 Å². The minimum absolute atomic E-state index is 0.0549. The predicted octanol–water partition coefficient (Wildman–Crippen LogP) is 4.79. The molecule has 0 saturated carbocycles. The second kappa shape index (κ2) is 7.09. The number of methoxy groups -OCH3 is 1. The van der Waals surface area contributed by atoms with Crippen LogP contribution in [0.3, 0.4) is 0 Å². The zero-order valence-corrected chi connectivity index (χ0v) is 14.8. The largest absolute Gasteiger partial charge is 0.496 e. The summed E-state index contributed by atoms with van der Waals surface area (Å²) in [4.78, 5) is 12.3. The molecule has 0 fully saturated rings. The van der Waals surface area contributed by atoms with Crippen LogP contribution in [0.15, 0.2) is 45.3 Å². The van der Waals surface area contributed by atoms with Crippen molar-refractivity contribution in [1.82, 2.24) is 0 Å². The standard InChI is InChI=1S/C16H14Br2O3/c1-10-6-7-11(15(8-10)20-2)14(19)9-21-16-12(17)4-3-5-13(16)18/h3-8H,9H2,1-2H3. The second-order valence-electron chi connectivity index (χ2n) is 4.47. The lowest BCUT2D eigenvalue weighted by atomic mass is 10.1. The molecule has 2 rings (SSSR count). The van der Waals surface area contributed by atoms with Gasteiger partial charge in [-0.15, -0.1) is 0 Å². The molecule has 0 N–H and O–H groups in total. The van der Waals surface area contributed by atoms with Crippen LogP contribution in [-0.4, -0.2) is 19.5 Å². The molecule has 0 saturated heterocycles. The first-order chi connectivity index (χ1) is 10.0. The molecule has 0 atom stereocenters. The minimum atomic E-state index is -0.130. The van der Waals surface area contributed by atoms with Crippen molar-refractivity contribution >= 4 is 37.6 Å². The smallest absolute Gasteiger partial charge is 0.203 e. The molecule has 0 aromatic heterocycles. The van der Waals surface area contributed by atoms with E-state index < -0.39 is 0 Å². The van der Waals surface area contributed by atoms with Gasteiger partial charge in [-0.2, -0.15) is 0 Å². The molecule has 5 heteroatoms. The fraction of sp³-hybridized carbons (Fsp3) is 0.188. The molecule has 110 valence electrons. The number of hydrogen-bond donors (Lipinski definition) is 0. The van der Waals surface area contributed by atoms with Crippen molar-refractivity contribution in [2.24, 2.45) is 0 Å². The number of hydrogen-bond acceptors (Lipinski definition) is 3. The van der Waals surface area contributed by atoms with E-state index in [0.29, 0.717) is 17.1 Å². The highest BCUT2D eigenvalue weighted by molar-refractivity contribution is 9.11. The highest BCUT2D eigenvalue weighted by atomic mass is 79.9. The van der Waals surface area contributed by atoms with Gasteiger partial charge in [-0.1, -0.05) is 12.1 Å². The van der Waals surface area contributed by atoms with Crippen LogP contribution < -0.4 is 9.47 Å². The van der Waals surface area contributed by atoms with Crippen molar-refractivity contribution in [2.45, 2.75) is 6.92 Å². The molecule has 0 aliphatic rings. The van der Waals surface area contributed by atoms with E-state index in [1.807, 2.05) is 37.3 Å². The Labute approximate surface area is 140 Å². The highest BCUT2D eigenvalue weighted by Crippen LogP contribution is 2.33. The van der Waals surface area contributed by atoms with Crippen LogP contribution in [0.1, 0.15) is 15.9 Å². The topological polar surface area (TPSA) is 35.5 Å². The van der Waals surface area contributed by atoms with E-state index in [4.69, 9.17) is 9.47 Å². The molecular formula is C16H14Br2O3. The molecule has 0 radical (unpaired) electrons. The van der Waals surface area contributed by atoms with Crippen LogP contribution in [-0.2, 0) is 0 Å². The third-order valence-corrected chi connectivity index (χ3v) is 4.17. The van der Waals surface area contributed by atoms with Gasteiger partial charge in [0.05, 0.1) is 21.6 Å². The predicted molar refractivity (Wildman–Crippen MR) is 89.4 cm³/mol. The Morgan fingerprint density at radius 1 is 1.14 bits per heavy atom. The fourth-order valence-corrected chi connectivity index (χ4v) is 3.09. The van der Waals surface area contributed by atoms with E-state index in [0.717, 1.165) is 14.5 Å². The summed E-state index contributed by atoms with van der Waals surface area (Å²) in [6, 6.07) is 11.1. The molecule has 0 spiro atoms. The van der Waals surface area contributed by atoms with Crippen molar-refractivity contribution in [1.29, 1.82) is 0 Å². The lowest BCUT2D eigenvalue weighted by Gasteiger charge is -2.11. The van der Waals surface area contributed by atoms with E-state index in [1.54, 1.807) is 13.2 Å². The monoisotopic (exact) mass is 412 g/mol. The summed E-state index contributed by atoms with van der Waals surface area (Å²) >= 11 is 6.80. The van der Waals surface area contributed by atoms with Gasteiger partial charge in [0.1, 0.15) is 11.5 Å². The SMILES string of the molecule is COc1cc(C)ccc1C(=O)COc1c(Br)cccc1Br. The third kappa shape index (κ3) is 3.86. The normalized spacial score (nSPS) is 10.3. The first-order valence-electron chi connectivity index (χ1n) is 6.27. The molecule has 2 aromatic rings. The quantitative estimate of drug-likeness (QED) is 0.661. The molecule has 2 aromatic carbocycles. The maximum atomic E-state index is 12.3. The van der Waals surface area contributed by atoms with Gasteiger partial charge >= 0.3 is 0 Å². The summed E-state index contributed by atoms with van der Waals surface area (Å²) in [5.74, 6) is 1.04. The van der Waals surface area contributed by atoms with Gasteiger partial charge in [0, 0.05) is 0 Å². The number of ketones is 1. The number of Topliss-reactive ketones (excluding diaryl/α,β-unsaturated/α-hetero) is 1. The maximum absolute atomic E-state index is 12.3. The first kappa shape index (κ1) is 16.0. The Hall–Kier alpha value is -1.33. The minimum Gasteiger partial charge on any atom is -0.496 e. The Bertz CT molecular complexity index is 648. The Morgan fingerprint density at radius 3 is 2.43 bits per heavy atom. The van der Waals surface area contributed by atoms with Gasteiger partial charge in [-0.3, -0.25) is 4.79 Å². The van der Waals surface area contributed by atoms with Crippen molar-refractivity contribution in [2.75, 3.05) is 13.7 Å². The average molecular weight is 414 g/mol. The van der Waals surface area contributed by atoms with Crippen molar-refractivity contribution in [3.63, 3.8) is 0 Å². The van der Waals surface area contributed by atoms with E-state index in [2.05, 4.69) is 31.9 Å². The summed E-state index contributed by atoms with van der Waals surface area (Å²) in [6.45, 7) is 1.89.